The highest BCUT2D eigenvalue weighted by Gasteiger charge is 2.24. The highest BCUT2D eigenvalue weighted by atomic mass is 16.5. The molecule has 226 valence electrons. The van der Waals surface area contributed by atoms with Crippen LogP contribution in [0.4, 0.5) is 0 Å². The summed E-state index contributed by atoms with van der Waals surface area (Å²) >= 11 is 0. The number of rotatable bonds is 28. The molecule has 0 aliphatic rings. The number of ether oxygens (including phenoxy) is 1. The van der Waals surface area contributed by atoms with Crippen molar-refractivity contribution in [3.05, 3.63) is 0 Å². The minimum Gasteiger partial charge on any atom is -0.481 e. The van der Waals surface area contributed by atoms with Gasteiger partial charge in [0.2, 0.25) is 0 Å². The first-order valence-electron chi connectivity index (χ1n) is 16.4. The predicted molar refractivity (Wildman–Crippen MR) is 161 cm³/mol. The van der Waals surface area contributed by atoms with E-state index in [4.69, 9.17) is 9.84 Å². The number of carbonyl (C=O) groups is 2. The van der Waals surface area contributed by atoms with E-state index in [0.717, 1.165) is 18.8 Å². The molecule has 0 amide bonds. The molecule has 0 saturated heterocycles. The molecule has 0 radical (unpaired) electrons. The van der Waals surface area contributed by atoms with Crippen LogP contribution >= 0.6 is 0 Å². The predicted octanol–water partition coefficient (Wildman–Crippen LogP) is 9.32. The summed E-state index contributed by atoms with van der Waals surface area (Å²) in [5, 5.41) is 9.07. The van der Waals surface area contributed by atoms with E-state index in [1.165, 1.54) is 122 Å². The number of hydrogen-bond donors (Lipinski definition) is 1. The Morgan fingerprint density at radius 1 is 0.658 bits per heavy atom. The fourth-order valence-corrected chi connectivity index (χ4v) is 5.32. The quantitative estimate of drug-likeness (QED) is 0.0610. The summed E-state index contributed by atoms with van der Waals surface area (Å²) in [6.07, 6.45) is 27.8. The third-order valence-corrected chi connectivity index (χ3v) is 7.58. The molecule has 0 bridgehead atoms. The summed E-state index contributed by atoms with van der Waals surface area (Å²) in [5.74, 6) is -0.278. The summed E-state index contributed by atoms with van der Waals surface area (Å²) in [6, 6.07) is 0. The molecule has 5 nitrogen and oxygen atoms in total. The third-order valence-electron chi connectivity index (χ3n) is 7.58. The number of carboxylic acids is 1. The third kappa shape index (κ3) is 27.9. The highest BCUT2D eigenvalue weighted by Crippen LogP contribution is 2.19. The minimum atomic E-state index is -0.921. The molecule has 0 aliphatic heterocycles. The first-order valence-corrected chi connectivity index (χ1v) is 16.4. The van der Waals surface area contributed by atoms with E-state index >= 15 is 0 Å². The van der Waals surface area contributed by atoms with Gasteiger partial charge in [-0.2, -0.15) is 0 Å². The van der Waals surface area contributed by atoms with Gasteiger partial charge >= 0.3 is 11.9 Å². The van der Waals surface area contributed by atoms with Crippen LogP contribution in [0.5, 0.6) is 0 Å². The topological polar surface area (TPSA) is 63.6 Å². The Kier molecular flexibility index (Phi) is 24.2. The van der Waals surface area contributed by atoms with Crippen LogP contribution in [-0.2, 0) is 14.3 Å². The van der Waals surface area contributed by atoms with Crippen molar-refractivity contribution in [1.82, 2.24) is 0 Å². The van der Waals surface area contributed by atoms with Crippen LogP contribution in [0.15, 0.2) is 0 Å². The van der Waals surface area contributed by atoms with Crippen LogP contribution in [-0.4, -0.2) is 55.3 Å². The van der Waals surface area contributed by atoms with Gasteiger partial charge in [-0.15, -0.1) is 0 Å². The zero-order valence-corrected chi connectivity index (χ0v) is 26.2. The second-order valence-corrected chi connectivity index (χ2v) is 13.0. The van der Waals surface area contributed by atoms with Gasteiger partial charge in [0.05, 0.1) is 27.6 Å². The molecule has 5 heteroatoms. The van der Waals surface area contributed by atoms with Gasteiger partial charge in [-0.05, 0) is 12.3 Å². The van der Waals surface area contributed by atoms with Crippen LogP contribution in [0.1, 0.15) is 162 Å². The molecule has 0 rings (SSSR count). The lowest BCUT2D eigenvalue weighted by Gasteiger charge is -2.28. The van der Waals surface area contributed by atoms with Crippen LogP contribution < -0.4 is 0 Å². The fraction of sp³-hybridized carbons (Fsp3) is 0.939. The molecule has 38 heavy (non-hydrogen) atoms. The maximum atomic E-state index is 12.1. The van der Waals surface area contributed by atoms with Crippen molar-refractivity contribution in [1.29, 1.82) is 0 Å². The van der Waals surface area contributed by atoms with Gasteiger partial charge in [-0.3, -0.25) is 9.59 Å². The number of hydrogen-bond acceptors (Lipinski definition) is 3. The molecule has 0 aromatic heterocycles. The maximum absolute atomic E-state index is 12.1. The summed E-state index contributed by atoms with van der Waals surface area (Å²) in [5.41, 5.74) is 0. The summed E-state index contributed by atoms with van der Waals surface area (Å²) < 4.78 is 6.03. The van der Waals surface area contributed by atoms with E-state index in [-0.39, 0.29) is 12.4 Å². The second kappa shape index (κ2) is 24.9. The first-order chi connectivity index (χ1) is 18.1. The van der Waals surface area contributed by atoms with E-state index in [1.807, 2.05) is 21.1 Å². The molecular weight excluding hydrogens is 474 g/mol. The van der Waals surface area contributed by atoms with E-state index in [1.54, 1.807) is 0 Å². The lowest BCUT2D eigenvalue weighted by Crippen LogP contribution is -2.43. The average molecular weight is 541 g/mol. The Labute approximate surface area is 237 Å². The van der Waals surface area contributed by atoms with E-state index in [9.17, 15) is 9.59 Å². The lowest BCUT2D eigenvalue weighted by molar-refractivity contribution is -0.873. The largest absolute Gasteiger partial charge is 0.481 e. The highest BCUT2D eigenvalue weighted by molar-refractivity contribution is 5.71. The molecule has 2 atom stereocenters. The first kappa shape index (κ1) is 36.9. The van der Waals surface area contributed by atoms with Crippen molar-refractivity contribution in [2.75, 3.05) is 27.7 Å². The SMILES string of the molecule is CCCCCCCCCCCC(C)CCCCCCCCCCCCC(=O)OC(CC(=O)O)C[N+](C)(C)C. The Balaban J connectivity index is 3.49. The van der Waals surface area contributed by atoms with E-state index in [2.05, 4.69) is 13.8 Å². The second-order valence-electron chi connectivity index (χ2n) is 13.0. The van der Waals surface area contributed by atoms with Crippen molar-refractivity contribution in [3.8, 4) is 0 Å². The van der Waals surface area contributed by atoms with Crippen LogP contribution in [0, 0.1) is 5.92 Å². The Morgan fingerprint density at radius 3 is 1.45 bits per heavy atom. The Hall–Kier alpha value is -1.10. The number of nitrogens with zero attached hydrogens (tertiary/aromatic N) is 1. The summed E-state index contributed by atoms with van der Waals surface area (Å²) in [7, 11) is 5.93. The molecule has 0 saturated carbocycles. The van der Waals surface area contributed by atoms with E-state index < -0.39 is 12.1 Å². The molecule has 0 aliphatic carbocycles. The number of carboxylic acid groups (broad SMARTS) is 1. The number of carbonyl (C=O) groups excluding carboxylic acids is 1. The van der Waals surface area contributed by atoms with Crippen LogP contribution in [0.2, 0.25) is 0 Å². The number of unbranched alkanes of at least 4 members (excludes halogenated alkanes) is 17. The minimum absolute atomic E-state index is 0.125. The zero-order chi connectivity index (χ0) is 28.5. The maximum Gasteiger partial charge on any atom is 0.307 e. The smallest absolute Gasteiger partial charge is 0.307 e. The lowest BCUT2D eigenvalue weighted by atomic mass is 9.95. The molecule has 0 spiro atoms. The van der Waals surface area contributed by atoms with Gasteiger partial charge in [0, 0.05) is 6.42 Å². The fourth-order valence-electron chi connectivity index (χ4n) is 5.32. The number of quaternary nitrogens is 1. The molecule has 2 unspecified atom stereocenters. The van der Waals surface area contributed by atoms with Gasteiger partial charge < -0.3 is 14.3 Å². The van der Waals surface area contributed by atoms with Crippen molar-refractivity contribution in [2.24, 2.45) is 5.92 Å². The van der Waals surface area contributed by atoms with Crippen LogP contribution in [0.3, 0.4) is 0 Å². The molecule has 0 aromatic rings. The zero-order valence-electron chi connectivity index (χ0n) is 26.2. The Bertz CT molecular complexity index is 558. The Morgan fingerprint density at radius 2 is 1.05 bits per heavy atom. The van der Waals surface area contributed by atoms with Gasteiger partial charge in [0.25, 0.3) is 0 Å². The van der Waals surface area contributed by atoms with Gasteiger partial charge in [0.15, 0.2) is 6.10 Å². The molecular formula is C33H66NO4+. The van der Waals surface area contributed by atoms with Gasteiger partial charge in [-0.1, -0.05) is 142 Å². The van der Waals surface area contributed by atoms with Crippen molar-refractivity contribution in [3.63, 3.8) is 0 Å². The van der Waals surface area contributed by atoms with Crippen molar-refractivity contribution in [2.45, 2.75) is 168 Å². The van der Waals surface area contributed by atoms with Crippen molar-refractivity contribution < 1.29 is 23.9 Å². The van der Waals surface area contributed by atoms with Crippen LogP contribution in [0.25, 0.3) is 0 Å². The summed E-state index contributed by atoms with van der Waals surface area (Å²) in [6.45, 7) is 5.25. The number of likely N-dealkylation sites (N-methyl/N-ethyl adjacent to an activating group) is 1. The normalized spacial score (nSPS) is 13.4. The summed E-state index contributed by atoms with van der Waals surface area (Å²) in [4.78, 5) is 23.2. The number of esters is 1. The van der Waals surface area contributed by atoms with Gasteiger partial charge in [0.1, 0.15) is 6.54 Å². The molecule has 0 fully saturated rings. The van der Waals surface area contributed by atoms with Gasteiger partial charge in [-0.25, -0.2) is 0 Å². The molecule has 0 heterocycles. The van der Waals surface area contributed by atoms with Crippen molar-refractivity contribution >= 4 is 11.9 Å². The average Bonchev–Trinajstić information content (AvgIpc) is 2.82. The standard InChI is InChI=1S/C33H65NO4/c1-6-7-8-9-10-13-16-19-22-25-30(2)26-23-20-17-14-11-12-15-18-21-24-27-33(37)38-31(28-32(35)36)29-34(3,4)5/h30-31H,6-29H2,1-5H3/p+1. The monoisotopic (exact) mass is 540 g/mol. The molecule has 0 aromatic carbocycles. The molecule has 1 N–H and O–H groups in total. The van der Waals surface area contributed by atoms with E-state index in [0.29, 0.717) is 17.4 Å². The number of aliphatic carboxylic acids is 1.